The van der Waals surface area contributed by atoms with E-state index in [0.29, 0.717) is 11.3 Å². The lowest BCUT2D eigenvalue weighted by molar-refractivity contribution is -0.146. The minimum atomic E-state index is -4.28. The number of ether oxygens (including phenoxy) is 1. The molecule has 1 aliphatic rings. The summed E-state index contributed by atoms with van der Waals surface area (Å²) in [5.41, 5.74) is 1.05. The molecule has 0 aromatic heterocycles. The Morgan fingerprint density at radius 3 is 2.42 bits per heavy atom. The van der Waals surface area contributed by atoms with Gasteiger partial charge in [0.1, 0.15) is 21.9 Å². The van der Waals surface area contributed by atoms with Crippen molar-refractivity contribution in [3.63, 3.8) is 0 Å². The number of carboxylic acids is 1. The van der Waals surface area contributed by atoms with E-state index < -0.39 is 61.0 Å². The third-order valence-corrected chi connectivity index (χ3v) is 8.60. The van der Waals surface area contributed by atoms with Gasteiger partial charge in [0.2, 0.25) is 26.0 Å². The van der Waals surface area contributed by atoms with E-state index in [1.807, 2.05) is 0 Å². The molecule has 3 atom stereocenters. The highest BCUT2D eigenvalue weighted by Crippen LogP contribution is 2.34. The highest BCUT2D eigenvalue weighted by Gasteiger charge is 2.33. The lowest BCUT2D eigenvalue weighted by Crippen LogP contribution is -2.47. The van der Waals surface area contributed by atoms with Crippen LogP contribution in [0.3, 0.4) is 0 Å². The molecule has 1 unspecified atom stereocenters. The molecular formula is C23H28ClN5O9S2. The van der Waals surface area contributed by atoms with Crippen molar-refractivity contribution in [1.29, 1.82) is 0 Å². The number of nitrogens with two attached hydrogens (primary N) is 1. The predicted molar refractivity (Wildman–Crippen MR) is 145 cm³/mol. The Balaban J connectivity index is 1.66. The number of carboxylic acid groups (broad SMARTS) is 1. The van der Waals surface area contributed by atoms with E-state index in [1.165, 1.54) is 6.92 Å². The second kappa shape index (κ2) is 12.5. The summed E-state index contributed by atoms with van der Waals surface area (Å²) in [4.78, 5) is 35.2. The number of halogens is 1. The monoisotopic (exact) mass is 617 g/mol. The number of esters is 1. The minimum Gasteiger partial charge on any atom is -0.480 e. The molecule has 7 N–H and O–H groups in total. The molecule has 14 nitrogen and oxygen atoms in total. The van der Waals surface area contributed by atoms with Crippen molar-refractivity contribution in [3.05, 3.63) is 47.0 Å². The van der Waals surface area contributed by atoms with Gasteiger partial charge in [0.15, 0.2) is 0 Å². The molecule has 218 valence electrons. The van der Waals surface area contributed by atoms with E-state index in [2.05, 4.69) is 20.7 Å². The fourth-order valence-corrected chi connectivity index (χ4v) is 6.33. The molecule has 0 saturated heterocycles. The van der Waals surface area contributed by atoms with Gasteiger partial charge in [-0.05, 0) is 50.1 Å². The number of primary sulfonamides is 1. The maximum atomic E-state index is 12.7. The second-order valence-corrected chi connectivity index (χ2v) is 12.4. The predicted octanol–water partition coefficient (Wildman–Crippen LogP) is 0.583. The summed E-state index contributed by atoms with van der Waals surface area (Å²) < 4.78 is 56.1. The molecule has 1 aliphatic heterocycles. The average Bonchev–Trinajstić information content (AvgIpc) is 2.83. The SMILES string of the molecule is CCOC(=O)[C@H](Cc1ccc(NC(=O)C[C@H]2Nc3cc(Cl)c(S(N)(=O)=O)cc3S(=O)(=O)N2)cc1)NC(C)C(=O)O. The van der Waals surface area contributed by atoms with Crippen molar-refractivity contribution in [2.75, 3.05) is 17.2 Å². The van der Waals surface area contributed by atoms with Crippen molar-refractivity contribution in [1.82, 2.24) is 10.0 Å². The van der Waals surface area contributed by atoms with E-state index in [9.17, 15) is 31.2 Å². The summed E-state index contributed by atoms with van der Waals surface area (Å²) in [5, 5.41) is 22.1. The number of carbonyl (C=O) groups is 3. The quantitative estimate of drug-likeness (QED) is 0.191. The summed E-state index contributed by atoms with van der Waals surface area (Å²) in [6, 6.07) is 6.46. The van der Waals surface area contributed by atoms with Crippen molar-refractivity contribution in [2.24, 2.45) is 5.14 Å². The Kier molecular flexibility index (Phi) is 9.76. The van der Waals surface area contributed by atoms with E-state index in [1.54, 1.807) is 31.2 Å². The van der Waals surface area contributed by atoms with E-state index in [-0.39, 0.29) is 35.1 Å². The standard InChI is InChI=1S/C23H28ClN5O9S2/c1-3-38-23(33)17(26-12(2)22(31)32)8-13-4-6-14(7-5-13)27-21(30)11-20-28-16-9-15(24)18(39(25,34)35)10-19(16)40(36,37)29-20/h4-7,9-10,12,17,20,26,28-29H,3,8,11H2,1-2H3,(H,27,30)(H,31,32)(H2,25,34,35)/t12?,17-,20-/m0/s1. The van der Waals surface area contributed by atoms with Gasteiger partial charge in [0.05, 0.1) is 29.9 Å². The fraction of sp³-hybridized carbons (Fsp3) is 0.348. The van der Waals surface area contributed by atoms with Gasteiger partial charge in [-0.3, -0.25) is 19.7 Å². The molecule has 1 amide bonds. The van der Waals surface area contributed by atoms with Crippen LogP contribution in [0, 0.1) is 0 Å². The number of anilines is 2. The molecule has 0 spiro atoms. The van der Waals surface area contributed by atoms with Crippen LogP contribution in [0.4, 0.5) is 11.4 Å². The summed E-state index contributed by atoms with van der Waals surface area (Å²) >= 11 is 5.97. The van der Waals surface area contributed by atoms with Crippen LogP contribution in [0.15, 0.2) is 46.2 Å². The number of benzene rings is 2. The zero-order valence-electron chi connectivity index (χ0n) is 21.3. The molecule has 1 heterocycles. The third kappa shape index (κ3) is 7.89. The smallest absolute Gasteiger partial charge is 0.323 e. The summed E-state index contributed by atoms with van der Waals surface area (Å²) in [7, 11) is -8.48. The Hall–Kier alpha value is -3.28. The van der Waals surface area contributed by atoms with Gasteiger partial charge in [0.25, 0.3) is 0 Å². The number of sulfonamides is 2. The summed E-state index contributed by atoms with van der Waals surface area (Å²) in [6.45, 7) is 3.17. The Bertz CT molecular complexity index is 1520. The second-order valence-electron chi connectivity index (χ2n) is 8.83. The fourth-order valence-electron chi connectivity index (χ4n) is 3.83. The van der Waals surface area contributed by atoms with Crippen LogP contribution in [0.25, 0.3) is 0 Å². The normalized spacial score (nSPS) is 17.6. The first-order valence-electron chi connectivity index (χ1n) is 11.8. The molecule has 40 heavy (non-hydrogen) atoms. The van der Waals surface area contributed by atoms with Gasteiger partial charge in [-0.1, -0.05) is 23.7 Å². The van der Waals surface area contributed by atoms with Gasteiger partial charge in [-0.25, -0.2) is 22.0 Å². The molecule has 0 fully saturated rings. The number of hydrogen-bond acceptors (Lipinski definition) is 10. The highest BCUT2D eigenvalue weighted by molar-refractivity contribution is 7.90. The zero-order valence-corrected chi connectivity index (χ0v) is 23.7. The number of amides is 1. The Labute approximate surface area is 235 Å². The Morgan fingerprint density at radius 2 is 1.85 bits per heavy atom. The van der Waals surface area contributed by atoms with E-state index >= 15 is 0 Å². The first-order valence-corrected chi connectivity index (χ1v) is 15.2. The maximum absolute atomic E-state index is 12.7. The lowest BCUT2D eigenvalue weighted by atomic mass is 10.0. The van der Waals surface area contributed by atoms with Gasteiger partial charge in [-0.2, -0.15) is 4.72 Å². The largest absolute Gasteiger partial charge is 0.480 e. The maximum Gasteiger partial charge on any atom is 0.323 e. The number of hydrogen-bond donors (Lipinski definition) is 6. The number of aliphatic carboxylic acids is 1. The average molecular weight is 618 g/mol. The first kappa shape index (κ1) is 31.3. The van der Waals surface area contributed by atoms with Gasteiger partial charge < -0.3 is 20.5 Å². The van der Waals surface area contributed by atoms with Crippen LogP contribution in [0.2, 0.25) is 5.02 Å². The van der Waals surface area contributed by atoms with Crippen LogP contribution in [0.1, 0.15) is 25.8 Å². The number of rotatable bonds is 11. The van der Waals surface area contributed by atoms with Crippen molar-refractivity contribution >= 4 is 60.9 Å². The number of carbonyl (C=O) groups excluding carboxylic acids is 2. The number of fused-ring (bicyclic) bond motifs is 1. The van der Waals surface area contributed by atoms with Crippen molar-refractivity contribution < 1.29 is 41.1 Å². The Morgan fingerprint density at radius 1 is 1.20 bits per heavy atom. The summed E-state index contributed by atoms with van der Waals surface area (Å²) in [6.07, 6.45) is -1.27. The molecular weight excluding hydrogens is 590 g/mol. The van der Waals surface area contributed by atoms with E-state index in [4.69, 9.17) is 26.6 Å². The van der Waals surface area contributed by atoms with Crippen LogP contribution in [-0.4, -0.2) is 64.6 Å². The summed E-state index contributed by atoms with van der Waals surface area (Å²) in [5.74, 6) is -2.27. The van der Waals surface area contributed by atoms with Gasteiger partial charge in [0, 0.05) is 5.69 Å². The van der Waals surface area contributed by atoms with Crippen LogP contribution >= 0.6 is 11.6 Å². The topological polar surface area (TPSA) is 223 Å². The minimum absolute atomic E-state index is 0.000262. The zero-order chi connectivity index (χ0) is 29.8. The van der Waals surface area contributed by atoms with Crippen molar-refractivity contribution in [3.8, 4) is 0 Å². The molecule has 3 rings (SSSR count). The molecule has 0 aliphatic carbocycles. The molecule has 0 bridgehead atoms. The highest BCUT2D eigenvalue weighted by atomic mass is 35.5. The third-order valence-electron chi connectivity index (χ3n) is 5.72. The van der Waals surface area contributed by atoms with Crippen LogP contribution in [0.5, 0.6) is 0 Å². The number of nitrogens with one attached hydrogen (secondary N) is 4. The molecule has 2 aromatic carbocycles. The van der Waals surface area contributed by atoms with Crippen molar-refractivity contribution in [2.45, 2.75) is 54.7 Å². The lowest BCUT2D eigenvalue weighted by Gasteiger charge is -2.28. The van der Waals surface area contributed by atoms with Gasteiger partial charge >= 0.3 is 11.9 Å². The van der Waals surface area contributed by atoms with E-state index in [0.717, 1.165) is 12.1 Å². The first-order chi connectivity index (χ1) is 18.6. The van der Waals surface area contributed by atoms with Crippen LogP contribution in [-0.2, 0) is 45.6 Å². The molecule has 2 aromatic rings. The molecule has 17 heteroatoms. The molecule has 0 radical (unpaired) electrons. The van der Waals surface area contributed by atoms with Crippen LogP contribution < -0.4 is 25.8 Å². The molecule has 0 saturated carbocycles. The van der Waals surface area contributed by atoms with Gasteiger partial charge in [-0.15, -0.1) is 0 Å².